The van der Waals surface area contributed by atoms with Crippen LogP contribution < -0.4 is 0 Å². The summed E-state index contributed by atoms with van der Waals surface area (Å²) in [5, 5.41) is 22.0. The molecule has 6 aromatic rings. The van der Waals surface area contributed by atoms with E-state index in [9.17, 15) is 5.11 Å². The lowest BCUT2D eigenvalue weighted by Gasteiger charge is -2.11. The van der Waals surface area contributed by atoms with Gasteiger partial charge in [-0.25, -0.2) is 4.98 Å². The zero-order valence-electron chi connectivity index (χ0n) is 17.7. The molecular weight excluding hydrogens is 430 g/mol. The van der Waals surface area contributed by atoms with Crippen molar-refractivity contribution in [2.24, 2.45) is 0 Å². The molecule has 7 heteroatoms. The van der Waals surface area contributed by atoms with Crippen LogP contribution in [0.5, 0.6) is 5.75 Å². The summed E-state index contributed by atoms with van der Waals surface area (Å²) in [6.45, 7) is 0. The largest absolute Gasteiger partial charge is 0.508 e. The quantitative estimate of drug-likeness (QED) is 0.320. The van der Waals surface area contributed by atoms with E-state index >= 15 is 0 Å². The Bertz CT molecular complexity index is 1620. The lowest BCUT2D eigenvalue weighted by Crippen LogP contribution is -2.01. The molecule has 160 valence electrons. The Labute approximate surface area is 194 Å². The Kier molecular flexibility index (Phi) is 4.62. The van der Waals surface area contributed by atoms with Crippen LogP contribution in [-0.2, 0) is 0 Å². The number of aromatic hydroxyl groups is 1. The number of H-pyrrole nitrogens is 1. The van der Waals surface area contributed by atoms with Gasteiger partial charge in [-0.05, 0) is 42.7 Å². The van der Waals surface area contributed by atoms with Crippen molar-refractivity contribution in [3.8, 4) is 34.2 Å². The minimum atomic E-state index is 0.195. The van der Waals surface area contributed by atoms with Gasteiger partial charge in [0.1, 0.15) is 11.4 Å². The van der Waals surface area contributed by atoms with Crippen molar-refractivity contribution in [2.75, 3.05) is 6.26 Å². The smallest absolute Gasteiger partial charge is 0.195 e. The number of hydrogen-bond donors (Lipinski definition) is 2. The van der Waals surface area contributed by atoms with Crippen molar-refractivity contribution < 1.29 is 5.11 Å². The van der Waals surface area contributed by atoms with Crippen LogP contribution in [0.4, 0.5) is 0 Å². The number of fused-ring (bicyclic) bond motifs is 3. The maximum absolute atomic E-state index is 10.1. The first-order chi connectivity index (χ1) is 16.2. The van der Waals surface area contributed by atoms with Crippen molar-refractivity contribution >= 4 is 33.6 Å². The molecule has 0 aliphatic rings. The van der Waals surface area contributed by atoms with E-state index in [0.717, 1.165) is 43.9 Å². The average molecular weight is 450 g/mol. The number of aromatic nitrogens is 5. The lowest BCUT2D eigenvalue weighted by atomic mass is 10.1. The number of thioether (sulfide) groups is 1. The number of phenols is 1. The van der Waals surface area contributed by atoms with E-state index in [0.29, 0.717) is 11.5 Å². The molecule has 0 aliphatic heterocycles. The third-order valence-corrected chi connectivity index (χ3v) is 6.30. The van der Waals surface area contributed by atoms with Crippen LogP contribution in [0.3, 0.4) is 0 Å². The van der Waals surface area contributed by atoms with Crippen LogP contribution in [0, 0.1) is 0 Å². The molecule has 3 aromatic heterocycles. The second kappa shape index (κ2) is 7.79. The van der Waals surface area contributed by atoms with Crippen molar-refractivity contribution in [3.63, 3.8) is 0 Å². The summed E-state index contributed by atoms with van der Waals surface area (Å²) in [6.07, 6.45) is 1.99. The Morgan fingerprint density at radius 1 is 0.848 bits per heavy atom. The first-order valence-electron chi connectivity index (χ1n) is 10.5. The summed E-state index contributed by atoms with van der Waals surface area (Å²) >= 11 is 1.54. The molecule has 0 unspecified atom stereocenters. The third kappa shape index (κ3) is 3.25. The van der Waals surface area contributed by atoms with Gasteiger partial charge in [-0.2, -0.15) is 0 Å². The van der Waals surface area contributed by atoms with E-state index in [1.165, 1.54) is 11.8 Å². The molecule has 6 nitrogen and oxygen atoms in total. The second-order valence-electron chi connectivity index (χ2n) is 7.68. The zero-order valence-corrected chi connectivity index (χ0v) is 18.5. The van der Waals surface area contributed by atoms with Gasteiger partial charge in [-0.1, -0.05) is 60.3 Å². The number of rotatable bonds is 4. The molecule has 0 bridgehead atoms. The maximum Gasteiger partial charge on any atom is 0.195 e. The van der Waals surface area contributed by atoms with Gasteiger partial charge in [0.2, 0.25) is 0 Å². The number of phenolic OH excluding ortho intramolecular Hbond substituents is 1. The Balaban J connectivity index is 1.69. The zero-order chi connectivity index (χ0) is 22.4. The SMILES string of the molecule is CSc1nnc(-c2cc3c([nH]c4ccccc43)c(-c3cccc(O)c3)n2)n1-c1ccccc1. The fourth-order valence-corrected chi connectivity index (χ4v) is 4.70. The number of hydrogen-bond acceptors (Lipinski definition) is 5. The fraction of sp³-hybridized carbons (Fsp3) is 0.0385. The highest BCUT2D eigenvalue weighted by Gasteiger charge is 2.20. The standard InChI is InChI=1S/C26H19N5OS/c1-33-26-30-29-25(31(26)17-9-3-2-4-10-17)22-15-20-19-12-5-6-13-21(19)27-24(20)23(28-22)16-8-7-11-18(32)14-16/h2-15,27,32H,1H3. The van der Waals surface area contributed by atoms with Gasteiger partial charge in [-0.3, -0.25) is 4.57 Å². The van der Waals surface area contributed by atoms with Crippen molar-refractivity contribution in [1.29, 1.82) is 0 Å². The van der Waals surface area contributed by atoms with E-state index in [-0.39, 0.29) is 5.75 Å². The topological polar surface area (TPSA) is 79.6 Å². The normalized spacial score (nSPS) is 11.4. The summed E-state index contributed by atoms with van der Waals surface area (Å²) in [5.41, 5.74) is 5.21. The molecule has 2 N–H and O–H groups in total. The number of pyridine rings is 1. The van der Waals surface area contributed by atoms with Crippen LogP contribution in [0.15, 0.2) is 90.1 Å². The number of nitrogens with zero attached hydrogens (tertiary/aromatic N) is 4. The summed E-state index contributed by atoms with van der Waals surface area (Å²) in [5.74, 6) is 0.861. The fourth-order valence-electron chi connectivity index (χ4n) is 4.20. The molecule has 3 heterocycles. The van der Waals surface area contributed by atoms with Crippen LogP contribution in [0.25, 0.3) is 50.3 Å². The Morgan fingerprint density at radius 3 is 2.48 bits per heavy atom. The summed E-state index contributed by atoms with van der Waals surface area (Å²) < 4.78 is 2.03. The first kappa shape index (κ1) is 19.6. The van der Waals surface area contributed by atoms with Crippen molar-refractivity contribution in [1.82, 2.24) is 24.7 Å². The molecule has 0 spiro atoms. The molecule has 0 saturated heterocycles. The van der Waals surface area contributed by atoms with Crippen LogP contribution >= 0.6 is 11.8 Å². The van der Waals surface area contributed by atoms with E-state index in [1.54, 1.807) is 12.1 Å². The molecule has 0 saturated carbocycles. The second-order valence-corrected chi connectivity index (χ2v) is 8.45. The van der Waals surface area contributed by atoms with Gasteiger partial charge < -0.3 is 10.1 Å². The Morgan fingerprint density at radius 2 is 1.67 bits per heavy atom. The summed E-state index contributed by atoms with van der Waals surface area (Å²) in [7, 11) is 0. The molecule has 0 aliphatic carbocycles. The number of para-hydroxylation sites is 2. The average Bonchev–Trinajstić information content (AvgIpc) is 3.45. The number of benzene rings is 3. The highest BCUT2D eigenvalue weighted by Crippen LogP contribution is 2.36. The van der Waals surface area contributed by atoms with Gasteiger partial charge >= 0.3 is 0 Å². The molecular formula is C26H19N5OS. The van der Waals surface area contributed by atoms with Gasteiger partial charge in [-0.15, -0.1) is 10.2 Å². The number of nitrogens with one attached hydrogen (secondary N) is 1. The number of aromatic amines is 1. The van der Waals surface area contributed by atoms with Crippen LogP contribution in [0.2, 0.25) is 0 Å². The predicted molar refractivity (Wildman–Crippen MR) is 133 cm³/mol. The van der Waals surface area contributed by atoms with Gasteiger partial charge in [0, 0.05) is 27.5 Å². The molecule has 0 atom stereocenters. The molecule has 0 radical (unpaired) electrons. The lowest BCUT2D eigenvalue weighted by molar-refractivity contribution is 0.475. The van der Waals surface area contributed by atoms with Gasteiger partial charge in [0.25, 0.3) is 0 Å². The Hall–Kier alpha value is -4.10. The van der Waals surface area contributed by atoms with E-state index in [2.05, 4.69) is 33.4 Å². The molecule has 33 heavy (non-hydrogen) atoms. The van der Waals surface area contributed by atoms with E-state index in [4.69, 9.17) is 4.98 Å². The highest BCUT2D eigenvalue weighted by atomic mass is 32.2. The molecule has 0 amide bonds. The minimum Gasteiger partial charge on any atom is -0.508 e. The van der Waals surface area contributed by atoms with Crippen molar-refractivity contribution in [3.05, 3.63) is 84.9 Å². The maximum atomic E-state index is 10.1. The van der Waals surface area contributed by atoms with Crippen molar-refractivity contribution in [2.45, 2.75) is 5.16 Å². The van der Waals surface area contributed by atoms with Crippen LogP contribution in [-0.4, -0.2) is 36.1 Å². The van der Waals surface area contributed by atoms with Gasteiger partial charge in [0.15, 0.2) is 11.0 Å². The summed E-state index contributed by atoms with van der Waals surface area (Å²) in [6, 6.07) is 27.5. The van der Waals surface area contributed by atoms with E-state index in [1.807, 2.05) is 65.4 Å². The monoisotopic (exact) mass is 449 g/mol. The third-order valence-electron chi connectivity index (χ3n) is 5.68. The summed E-state index contributed by atoms with van der Waals surface area (Å²) in [4.78, 5) is 8.55. The first-order valence-corrected chi connectivity index (χ1v) is 11.7. The predicted octanol–water partition coefficient (Wildman–Crippen LogP) is 6.06. The van der Waals surface area contributed by atoms with E-state index < -0.39 is 0 Å². The molecule has 0 fully saturated rings. The molecule has 6 rings (SSSR count). The van der Waals surface area contributed by atoms with Gasteiger partial charge in [0.05, 0.1) is 11.2 Å². The minimum absolute atomic E-state index is 0.195. The van der Waals surface area contributed by atoms with Crippen LogP contribution in [0.1, 0.15) is 0 Å². The molecule has 3 aromatic carbocycles. The highest BCUT2D eigenvalue weighted by molar-refractivity contribution is 7.98.